The highest BCUT2D eigenvalue weighted by Crippen LogP contribution is 2.29. The van der Waals surface area contributed by atoms with Crippen LogP contribution in [0.5, 0.6) is 0 Å². The van der Waals surface area contributed by atoms with Crippen molar-refractivity contribution in [3.8, 4) is 0 Å². The molecule has 0 aromatic carbocycles. The van der Waals surface area contributed by atoms with Crippen molar-refractivity contribution in [2.45, 2.75) is 51.1 Å². The standard InChI is InChI=1S/C12H21N3O2S/c1-8(2)11-14-12(18(16,17)13-4)10-7-9(3)5-6-15(10)11/h8-9,13H,5-7H2,1-4H3. The van der Waals surface area contributed by atoms with Crippen LogP contribution in [0.15, 0.2) is 5.03 Å². The van der Waals surface area contributed by atoms with E-state index in [4.69, 9.17) is 0 Å². The van der Waals surface area contributed by atoms with Gasteiger partial charge in [-0.2, -0.15) is 0 Å². The van der Waals surface area contributed by atoms with Gasteiger partial charge in [-0.05, 0) is 25.8 Å². The van der Waals surface area contributed by atoms with Crippen LogP contribution in [-0.2, 0) is 23.0 Å². The van der Waals surface area contributed by atoms with E-state index < -0.39 is 10.0 Å². The van der Waals surface area contributed by atoms with Crippen LogP contribution in [-0.4, -0.2) is 25.0 Å². The minimum absolute atomic E-state index is 0.222. The Morgan fingerprint density at radius 2 is 2.11 bits per heavy atom. The van der Waals surface area contributed by atoms with E-state index in [2.05, 4.69) is 21.2 Å². The van der Waals surface area contributed by atoms with E-state index in [1.807, 2.05) is 13.8 Å². The maximum absolute atomic E-state index is 12.0. The molecule has 6 heteroatoms. The minimum atomic E-state index is -3.46. The Labute approximate surface area is 109 Å². The summed E-state index contributed by atoms with van der Waals surface area (Å²) in [5.41, 5.74) is 0.867. The van der Waals surface area contributed by atoms with Crippen LogP contribution in [0.1, 0.15) is 44.6 Å². The largest absolute Gasteiger partial charge is 0.330 e. The smallest absolute Gasteiger partial charge is 0.259 e. The van der Waals surface area contributed by atoms with Crippen LogP contribution in [0, 0.1) is 5.92 Å². The number of hydrogen-bond donors (Lipinski definition) is 1. The van der Waals surface area contributed by atoms with Gasteiger partial charge in [-0.25, -0.2) is 18.1 Å². The van der Waals surface area contributed by atoms with E-state index in [0.29, 0.717) is 5.92 Å². The molecule has 2 rings (SSSR count). The van der Waals surface area contributed by atoms with Crippen LogP contribution >= 0.6 is 0 Å². The molecule has 0 spiro atoms. The molecule has 18 heavy (non-hydrogen) atoms. The number of imidazole rings is 1. The summed E-state index contributed by atoms with van der Waals surface area (Å²) in [5.74, 6) is 1.63. The lowest BCUT2D eigenvalue weighted by atomic mass is 9.98. The van der Waals surface area contributed by atoms with Gasteiger partial charge in [0, 0.05) is 12.5 Å². The van der Waals surface area contributed by atoms with Crippen molar-refractivity contribution in [1.29, 1.82) is 0 Å². The maximum atomic E-state index is 12.0. The minimum Gasteiger partial charge on any atom is -0.330 e. The number of sulfonamides is 1. The molecule has 102 valence electrons. The average Bonchev–Trinajstić information content (AvgIpc) is 2.68. The first kappa shape index (κ1) is 13.5. The molecular weight excluding hydrogens is 250 g/mol. The quantitative estimate of drug-likeness (QED) is 0.906. The van der Waals surface area contributed by atoms with E-state index in [1.165, 1.54) is 7.05 Å². The third kappa shape index (κ3) is 2.19. The Morgan fingerprint density at radius 3 is 2.67 bits per heavy atom. The topological polar surface area (TPSA) is 64.0 Å². The summed E-state index contributed by atoms with van der Waals surface area (Å²) in [5, 5.41) is 0.222. The third-order valence-electron chi connectivity index (χ3n) is 3.49. The van der Waals surface area contributed by atoms with E-state index in [9.17, 15) is 8.42 Å². The summed E-state index contributed by atoms with van der Waals surface area (Å²) < 4.78 is 28.5. The number of hydrogen-bond acceptors (Lipinski definition) is 3. The molecule has 1 aromatic heterocycles. The van der Waals surface area contributed by atoms with Crippen molar-refractivity contribution in [3.05, 3.63) is 11.5 Å². The fraction of sp³-hybridized carbons (Fsp3) is 0.750. The Morgan fingerprint density at radius 1 is 1.44 bits per heavy atom. The van der Waals surface area contributed by atoms with Gasteiger partial charge in [-0.3, -0.25) is 0 Å². The molecule has 2 heterocycles. The monoisotopic (exact) mass is 271 g/mol. The highest BCUT2D eigenvalue weighted by molar-refractivity contribution is 7.89. The molecule has 1 N–H and O–H groups in total. The van der Waals surface area contributed by atoms with Gasteiger partial charge in [0.2, 0.25) is 0 Å². The zero-order valence-electron chi connectivity index (χ0n) is 11.4. The molecule has 1 aliphatic rings. The molecule has 0 aliphatic carbocycles. The number of nitrogens with one attached hydrogen (secondary N) is 1. The van der Waals surface area contributed by atoms with Gasteiger partial charge in [0.15, 0.2) is 5.03 Å². The first-order valence-electron chi connectivity index (χ1n) is 6.39. The fourth-order valence-corrected chi connectivity index (χ4v) is 3.37. The summed E-state index contributed by atoms with van der Waals surface area (Å²) in [6.45, 7) is 7.12. The second kappa shape index (κ2) is 4.66. The molecule has 1 aliphatic heterocycles. The van der Waals surface area contributed by atoms with Crippen LogP contribution in [0.4, 0.5) is 0 Å². The van der Waals surface area contributed by atoms with Gasteiger partial charge in [-0.1, -0.05) is 20.8 Å². The molecule has 1 atom stereocenters. The Balaban J connectivity index is 2.61. The third-order valence-corrected chi connectivity index (χ3v) is 4.87. The van der Waals surface area contributed by atoms with E-state index in [1.54, 1.807) is 0 Å². The summed E-state index contributed by atoms with van der Waals surface area (Å²) >= 11 is 0. The highest BCUT2D eigenvalue weighted by atomic mass is 32.2. The van der Waals surface area contributed by atoms with Gasteiger partial charge < -0.3 is 4.57 Å². The second-order valence-electron chi connectivity index (χ2n) is 5.33. The highest BCUT2D eigenvalue weighted by Gasteiger charge is 2.30. The number of rotatable bonds is 3. The van der Waals surface area contributed by atoms with Gasteiger partial charge in [0.1, 0.15) is 5.82 Å². The molecule has 1 unspecified atom stereocenters. The predicted molar refractivity (Wildman–Crippen MR) is 70.0 cm³/mol. The predicted octanol–water partition coefficient (Wildman–Crippen LogP) is 1.50. The molecule has 0 bridgehead atoms. The molecular formula is C12H21N3O2S. The summed E-state index contributed by atoms with van der Waals surface area (Å²) in [4.78, 5) is 4.38. The molecule has 0 amide bonds. The number of nitrogens with zero attached hydrogens (tertiary/aromatic N) is 2. The molecule has 5 nitrogen and oxygen atoms in total. The maximum Gasteiger partial charge on any atom is 0.259 e. The van der Waals surface area contributed by atoms with E-state index in [0.717, 1.165) is 30.9 Å². The van der Waals surface area contributed by atoms with Gasteiger partial charge in [0.05, 0.1) is 5.69 Å². The normalized spacial score (nSPS) is 20.2. The van der Waals surface area contributed by atoms with Crippen molar-refractivity contribution < 1.29 is 8.42 Å². The van der Waals surface area contributed by atoms with Gasteiger partial charge >= 0.3 is 0 Å². The molecule has 0 radical (unpaired) electrons. The fourth-order valence-electron chi connectivity index (χ4n) is 2.46. The first-order valence-corrected chi connectivity index (χ1v) is 7.88. The summed E-state index contributed by atoms with van der Waals surface area (Å²) in [6.07, 6.45) is 1.87. The van der Waals surface area contributed by atoms with Crippen molar-refractivity contribution in [2.75, 3.05) is 7.05 Å². The molecule has 0 saturated heterocycles. The van der Waals surface area contributed by atoms with Crippen molar-refractivity contribution in [1.82, 2.24) is 14.3 Å². The molecule has 1 aromatic rings. The van der Waals surface area contributed by atoms with Crippen molar-refractivity contribution in [2.24, 2.45) is 5.92 Å². The second-order valence-corrected chi connectivity index (χ2v) is 7.14. The lowest BCUT2D eigenvalue weighted by molar-refractivity contribution is 0.401. The number of aromatic nitrogens is 2. The number of fused-ring (bicyclic) bond motifs is 1. The first-order chi connectivity index (χ1) is 8.36. The molecule has 0 saturated carbocycles. The Bertz CT molecular complexity index is 546. The van der Waals surface area contributed by atoms with Crippen molar-refractivity contribution >= 4 is 10.0 Å². The van der Waals surface area contributed by atoms with Gasteiger partial charge in [-0.15, -0.1) is 0 Å². The summed E-state index contributed by atoms with van der Waals surface area (Å²) in [7, 11) is -2.02. The lowest BCUT2D eigenvalue weighted by Crippen LogP contribution is -2.24. The van der Waals surface area contributed by atoms with Gasteiger partial charge in [0.25, 0.3) is 10.0 Å². The molecule has 0 fully saturated rings. The van der Waals surface area contributed by atoms with E-state index in [-0.39, 0.29) is 10.9 Å². The van der Waals surface area contributed by atoms with Crippen LogP contribution < -0.4 is 4.72 Å². The zero-order chi connectivity index (χ0) is 13.5. The van der Waals surface area contributed by atoms with Crippen LogP contribution in [0.25, 0.3) is 0 Å². The van der Waals surface area contributed by atoms with Crippen LogP contribution in [0.2, 0.25) is 0 Å². The SMILES string of the molecule is CNS(=O)(=O)c1nc(C(C)C)n2c1CC(C)CC2. The van der Waals surface area contributed by atoms with Crippen molar-refractivity contribution in [3.63, 3.8) is 0 Å². The Hall–Kier alpha value is -0.880. The zero-order valence-corrected chi connectivity index (χ0v) is 12.2. The average molecular weight is 271 g/mol. The summed E-state index contributed by atoms with van der Waals surface area (Å²) in [6, 6.07) is 0. The lowest BCUT2D eigenvalue weighted by Gasteiger charge is -2.23. The van der Waals surface area contributed by atoms with E-state index >= 15 is 0 Å². The van der Waals surface area contributed by atoms with Crippen LogP contribution in [0.3, 0.4) is 0 Å². The Kier molecular flexibility index (Phi) is 3.51.